The standard InChI is InChI=1S/C15H10N2/c1-11-3-8-15(17-2)14(9-11)13-6-4-12(10-16)5-7-13/h3-9H,1H3. The fraction of sp³-hybridized carbons (Fsp3) is 0.0667. The topological polar surface area (TPSA) is 28.1 Å². The maximum Gasteiger partial charge on any atom is 0.194 e. The number of nitrogens with zero attached hydrogens (tertiary/aromatic N) is 2. The van der Waals surface area contributed by atoms with Crippen LogP contribution in [0.5, 0.6) is 0 Å². The first-order valence-electron chi connectivity index (χ1n) is 5.23. The van der Waals surface area contributed by atoms with E-state index < -0.39 is 0 Å². The average Bonchev–Trinajstić information content (AvgIpc) is 2.39. The Balaban J connectivity index is 2.56. The summed E-state index contributed by atoms with van der Waals surface area (Å²) in [6, 6.07) is 15.1. The Morgan fingerprint density at radius 3 is 2.41 bits per heavy atom. The highest BCUT2D eigenvalue weighted by molar-refractivity contribution is 5.79. The Kier molecular flexibility index (Phi) is 2.90. The number of nitriles is 1. The fourth-order valence-electron chi connectivity index (χ4n) is 1.70. The first kappa shape index (κ1) is 10.9. The fourth-order valence-corrected chi connectivity index (χ4v) is 1.70. The lowest BCUT2D eigenvalue weighted by molar-refractivity contribution is 1.46. The first-order valence-corrected chi connectivity index (χ1v) is 5.23. The second-order valence-corrected chi connectivity index (χ2v) is 3.82. The van der Waals surface area contributed by atoms with Gasteiger partial charge in [0.15, 0.2) is 5.69 Å². The van der Waals surface area contributed by atoms with Crippen LogP contribution < -0.4 is 0 Å². The average molecular weight is 218 g/mol. The third kappa shape index (κ3) is 2.17. The molecule has 0 aliphatic carbocycles. The minimum absolute atomic E-state index is 0.630. The van der Waals surface area contributed by atoms with E-state index in [1.54, 1.807) is 12.1 Å². The molecule has 0 bridgehead atoms. The monoisotopic (exact) mass is 218 g/mol. The molecular formula is C15H10N2. The van der Waals surface area contributed by atoms with E-state index in [-0.39, 0.29) is 0 Å². The quantitative estimate of drug-likeness (QED) is 0.663. The largest absolute Gasteiger partial charge is 0.238 e. The third-order valence-corrected chi connectivity index (χ3v) is 2.60. The molecule has 80 valence electrons. The molecule has 0 atom stereocenters. The van der Waals surface area contributed by atoms with E-state index in [1.807, 2.05) is 37.3 Å². The van der Waals surface area contributed by atoms with Crippen molar-refractivity contribution < 1.29 is 0 Å². The molecule has 0 heterocycles. The van der Waals surface area contributed by atoms with Crippen LogP contribution >= 0.6 is 0 Å². The van der Waals surface area contributed by atoms with Crippen molar-refractivity contribution in [3.05, 3.63) is 65.0 Å². The van der Waals surface area contributed by atoms with Gasteiger partial charge in [-0.25, -0.2) is 4.85 Å². The van der Waals surface area contributed by atoms with E-state index in [9.17, 15) is 0 Å². The number of hydrogen-bond donors (Lipinski definition) is 0. The number of aryl methyl sites for hydroxylation is 1. The zero-order valence-electron chi connectivity index (χ0n) is 9.44. The van der Waals surface area contributed by atoms with Gasteiger partial charge in [0.1, 0.15) is 0 Å². The molecule has 0 unspecified atom stereocenters. The Morgan fingerprint density at radius 1 is 1.12 bits per heavy atom. The van der Waals surface area contributed by atoms with Gasteiger partial charge in [0, 0.05) is 0 Å². The van der Waals surface area contributed by atoms with Crippen molar-refractivity contribution in [3.8, 4) is 17.2 Å². The van der Waals surface area contributed by atoms with E-state index in [4.69, 9.17) is 11.8 Å². The molecule has 0 saturated carbocycles. The van der Waals surface area contributed by atoms with Crippen LogP contribution in [-0.2, 0) is 0 Å². The van der Waals surface area contributed by atoms with Gasteiger partial charge in [0.05, 0.1) is 18.2 Å². The summed E-state index contributed by atoms with van der Waals surface area (Å²) in [5, 5.41) is 8.75. The Morgan fingerprint density at radius 2 is 1.82 bits per heavy atom. The zero-order valence-corrected chi connectivity index (χ0v) is 9.44. The summed E-state index contributed by atoms with van der Waals surface area (Å²) in [5.74, 6) is 0. The second kappa shape index (κ2) is 4.51. The van der Waals surface area contributed by atoms with Crippen molar-refractivity contribution in [2.75, 3.05) is 0 Å². The number of hydrogen-bond acceptors (Lipinski definition) is 1. The summed E-state index contributed by atoms with van der Waals surface area (Å²) in [6.45, 7) is 9.16. The van der Waals surface area contributed by atoms with Crippen LogP contribution in [0.2, 0.25) is 0 Å². The first-order chi connectivity index (χ1) is 8.24. The van der Waals surface area contributed by atoms with Crippen LogP contribution in [0.4, 0.5) is 5.69 Å². The van der Waals surface area contributed by atoms with Gasteiger partial charge in [-0.15, -0.1) is 0 Å². The highest BCUT2D eigenvalue weighted by Gasteiger charge is 2.05. The summed E-state index contributed by atoms with van der Waals surface area (Å²) < 4.78 is 0. The second-order valence-electron chi connectivity index (χ2n) is 3.82. The summed E-state index contributed by atoms with van der Waals surface area (Å²) in [5.41, 5.74) is 4.28. The molecular weight excluding hydrogens is 208 g/mol. The zero-order chi connectivity index (χ0) is 12.3. The molecule has 0 aliphatic rings. The van der Waals surface area contributed by atoms with Crippen LogP contribution in [0.15, 0.2) is 42.5 Å². The Labute approximate surface area is 101 Å². The van der Waals surface area contributed by atoms with Crippen LogP contribution in [0.3, 0.4) is 0 Å². The lowest BCUT2D eigenvalue weighted by atomic mass is 10.0. The molecule has 2 rings (SSSR count). The lowest BCUT2D eigenvalue weighted by Gasteiger charge is -2.05. The third-order valence-electron chi connectivity index (χ3n) is 2.60. The summed E-state index contributed by atoms with van der Waals surface area (Å²) in [4.78, 5) is 3.52. The van der Waals surface area contributed by atoms with Gasteiger partial charge in [-0.05, 0) is 30.2 Å². The molecule has 0 saturated heterocycles. The maximum atomic E-state index is 8.75. The minimum atomic E-state index is 0.630. The van der Waals surface area contributed by atoms with Gasteiger partial charge < -0.3 is 0 Å². The van der Waals surface area contributed by atoms with E-state index in [2.05, 4.69) is 10.9 Å². The molecule has 0 fully saturated rings. The van der Waals surface area contributed by atoms with E-state index in [0.29, 0.717) is 11.3 Å². The molecule has 0 amide bonds. The highest BCUT2D eigenvalue weighted by atomic mass is 14.6. The van der Waals surface area contributed by atoms with Crippen LogP contribution in [0.25, 0.3) is 16.0 Å². The lowest BCUT2D eigenvalue weighted by Crippen LogP contribution is -1.81. The minimum Gasteiger partial charge on any atom is -0.238 e. The molecule has 0 spiro atoms. The van der Waals surface area contributed by atoms with Crippen molar-refractivity contribution in [3.63, 3.8) is 0 Å². The van der Waals surface area contributed by atoms with E-state index in [1.165, 1.54) is 0 Å². The normalized spacial score (nSPS) is 9.35. The number of rotatable bonds is 1. The Bertz CT molecular complexity index is 625. The summed E-state index contributed by atoms with van der Waals surface area (Å²) >= 11 is 0. The number of benzene rings is 2. The van der Waals surface area contributed by atoms with E-state index >= 15 is 0 Å². The van der Waals surface area contributed by atoms with Crippen molar-refractivity contribution >= 4 is 5.69 Å². The predicted octanol–water partition coefficient (Wildman–Crippen LogP) is 4.08. The van der Waals surface area contributed by atoms with E-state index in [0.717, 1.165) is 16.7 Å². The molecule has 0 radical (unpaired) electrons. The van der Waals surface area contributed by atoms with Gasteiger partial charge in [0.25, 0.3) is 0 Å². The molecule has 0 N–H and O–H groups in total. The predicted molar refractivity (Wildman–Crippen MR) is 67.6 cm³/mol. The molecule has 2 aromatic rings. The molecule has 17 heavy (non-hydrogen) atoms. The van der Waals surface area contributed by atoms with Gasteiger partial charge in [-0.3, -0.25) is 0 Å². The van der Waals surface area contributed by atoms with Gasteiger partial charge in [0.2, 0.25) is 0 Å². The van der Waals surface area contributed by atoms with Crippen LogP contribution in [0, 0.1) is 24.8 Å². The van der Waals surface area contributed by atoms with Crippen molar-refractivity contribution in [1.29, 1.82) is 5.26 Å². The summed E-state index contributed by atoms with van der Waals surface area (Å²) in [7, 11) is 0. The van der Waals surface area contributed by atoms with Crippen LogP contribution in [-0.4, -0.2) is 0 Å². The van der Waals surface area contributed by atoms with Crippen molar-refractivity contribution in [1.82, 2.24) is 0 Å². The SMILES string of the molecule is [C-]#[N+]c1ccc(C)cc1-c1ccc(C#N)cc1. The molecule has 0 aliphatic heterocycles. The maximum absolute atomic E-state index is 8.75. The summed E-state index contributed by atoms with van der Waals surface area (Å²) in [6.07, 6.45) is 0. The van der Waals surface area contributed by atoms with Gasteiger partial charge in [-0.2, -0.15) is 5.26 Å². The van der Waals surface area contributed by atoms with Crippen molar-refractivity contribution in [2.45, 2.75) is 6.92 Å². The van der Waals surface area contributed by atoms with Crippen LogP contribution in [0.1, 0.15) is 11.1 Å². The van der Waals surface area contributed by atoms with Gasteiger partial charge >= 0.3 is 0 Å². The molecule has 2 nitrogen and oxygen atoms in total. The van der Waals surface area contributed by atoms with Gasteiger partial charge in [-0.1, -0.05) is 35.9 Å². The molecule has 2 heteroatoms. The van der Waals surface area contributed by atoms with Crippen molar-refractivity contribution in [2.24, 2.45) is 0 Å². The molecule has 0 aromatic heterocycles. The smallest absolute Gasteiger partial charge is 0.194 e. The highest BCUT2D eigenvalue weighted by Crippen LogP contribution is 2.31. The molecule has 2 aromatic carbocycles. The Hall–Kier alpha value is -2.58.